The van der Waals surface area contributed by atoms with E-state index in [2.05, 4.69) is 10.5 Å². The SMILES string of the molecule is O=C(NCc1cc(-c2ccc(Cl)cc2)on1)c1cc2ccccc2oc1=O. The Hall–Kier alpha value is -3.38. The lowest BCUT2D eigenvalue weighted by atomic mass is 10.1. The summed E-state index contributed by atoms with van der Waals surface area (Å²) < 4.78 is 10.5. The van der Waals surface area contributed by atoms with Crippen molar-refractivity contribution in [2.24, 2.45) is 0 Å². The van der Waals surface area contributed by atoms with Crippen molar-refractivity contribution in [1.29, 1.82) is 0 Å². The van der Waals surface area contributed by atoms with Gasteiger partial charge < -0.3 is 14.3 Å². The van der Waals surface area contributed by atoms with Gasteiger partial charge >= 0.3 is 5.63 Å². The number of halogens is 1. The van der Waals surface area contributed by atoms with Gasteiger partial charge in [-0.25, -0.2) is 4.79 Å². The van der Waals surface area contributed by atoms with Crippen molar-refractivity contribution in [3.05, 3.63) is 87.4 Å². The third kappa shape index (κ3) is 3.61. The predicted molar refractivity (Wildman–Crippen MR) is 101 cm³/mol. The summed E-state index contributed by atoms with van der Waals surface area (Å²) in [5.74, 6) is 0.0201. The zero-order valence-corrected chi connectivity index (χ0v) is 14.7. The molecule has 0 saturated carbocycles. The third-order valence-electron chi connectivity index (χ3n) is 4.00. The van der Waals surface area contributed by atoms with Crippen LogP contribution in [0, 0.1) is 0 Å². The molecule has 27 heavy (non-hydrogen) atoms. The summed E-state index contributed by atoms with van der Waals surface area (Å²) in [4.78, 5) is 24.4. The molecule has 7 heteroatoms. The summed E-state index contributed by atoms with van der Waals surface area (Å²) >= 11 is 5.87. The topological polar surface area (TPSA) is 85.3 Å². The summed E-state index contributed by atoms with van der Waals surface area (Å²) in [5, 5.41) is 7.88. The van der Waals surface area contributed by atoms with Crippen LogP contribution in [0.2, 0.25) is 5.02 Å². The Kier molecular flexibility index (Phi) is 4.48. The summed E-state index contributed by atoms with van der Waals surface area (Å²) in [6, 6.07) is 17.4. The van der Waals surface area contributed by atoms with Crippen molar-refractivity contribution in [2.45, 2.75) is 6.54 Å². The van der Waals surface area contributed by atoms with Gasteiger partial charge in [0.1, 0.15) is 16.8 Å². The van der Waals surface area contributed by atoms with Crippen molar-refractivity contribution < 1.29 is 13.7 Å². The molecule has 6 nitrogen and oxygen atoms in total. The Morgan fingerprint density at radius 3 is 2.67 bits per heavy atom. The summed E-state index contributed by atoms with van der Waals surface area (Å²) in [6.45, 7) is 0.113. The van der Waals surface area contributed by atoms with Crippen molar-refractivity contribution in [2.75, 3.05) is 0 Å². The summed E-state index contributed by atoms with van der Waals surface area (Å²) in [6.07, 6.45) is 0. The van der Waals surface area contributed by atoms with E-state index in [1.807, 2.05) is 12.1 Å². The zero-order chi connectivity index (χ0) is 18.8. The molecular formula is C20H13ClN2O4. The first-order valence-electron chi connectivity index (χ1n) is 8.13. The van der Waals surface area contributed by atoms with Gasteiger partial charge in [-0.3, -0.25) is 4.79 Å². The number of carbonyl (C=O) groups is 1. The summed E-state index contributed by atoms with van der Waals surface area (Å²) in [5.41, 5.74) is 1.03. The van der Waals surface area contributed by atoms with Crippen molar-refractivity contribution in [3.8, 4) is 11.3 Å². The standard InChI is InChI=1S/C20H13ClN2O4/c21-14-7-5-12(6-8-14)18-10-15(23-27-18)11-22-19(24)16-9-13-3-1-2-4-17(13)26-20(16)25/h1-10H,11H2,(H,22,24). The molecule has 2 heterocycles. The fourth-order valence-electron chi connectivity index (χ4n) is 2.63. The fraction of sp³-hybridized carbons (Fsp3) is 0.0500. The number of nitrogens with one attached hydrogen (secondary N) is 1. The van der Waals surface area contributed by atoms with E-state index in [0.717, 1.165) is 5.56 Å². The molecule has 2 aromatic carbocycles. The molecule has 1 N–H and O–H groups in total. The van der Waals surface area contributed by atoms with E-state index < -0.39 is 11.5 Å². The van der Waals surface area contributed by atoms with Crippen LogP contribution in [0.1, 0.15) is 16.1 Å². The molecule has 0 bridgehead atoms. The maximum Gasteiger partial charge on any atom is 0.349 e. The molecule has 2 aromatic heterocycles. The van der Waals surface area contributed by atoms with Crippen LogP contribution in [0.15, 0.2) is 74.4 Å². The predicted octanol–water partition coefficient (Wildman–Crippen LogP) is 4.03. The van der Waals surface area contributed by atoms with Gasteiger partial charge in [0.15, 0.2) is 5.76 Å². The van der Waals surface area contributed by atoms with Crippen LogP contribution in [0.3, 0.4) is 0 Å². The van der Waals surface area contributed by atoms with Gasteiger partial charge in [0.2, 0.25) is 0 Å². The summed E-state index contributed by atoms with van der Waals surface area (Å²) in [7, 11) is 0. The van der Waals surface area contributed by atoms with E-state index in [4.69, 9.17) is 20.5 Å². The quantitative estimate of drug-likeness (QED) is 0.540. The van der Waals surface area contributed by atoms with E-state index in [0.29, 0.717) is 27.4 Å². The third-order valence-corrected chi connectivity index (χ3v) is 4.26. The van der Waals surface area contributed by atoms with Crippen LogP contribution in [0.25, 0.3) is 22.3 Å². The molecule has 0 aliphatic heterocycles. The van der Waals surface area contributed by atoms with Crippen molar-refractivity contribution in [3.63, 3.8) is 0 Å². The Morgan fingerprint density at radius 1 is 1.07 bits per heavy atom. The van der Waals surface area contributed by atoms with E-state index in [1.54, 1.807) is 42.5 Å². The van der Waals surface area contributed by atoms with Crippen LogP contribution in [-0.4, -0.2) is 11.1 Å². The van der Waals surface area contributed by atoms with Gasteiger partial charge in [-0.2, -0.15) is 0 Å². The highest BCUT2D eigenvalue weighted by Crippen LogP contribution is 2.22. The van der Waals surface area contributed by atoms with Crippen LogP contribution >= 0.6 is 11.6 Å². The molecule has 134 valence electrons. The molecule has 0 aliphatic carbocycles. The lowest BCUT2D eigenvalue weighted by molar-refractivity contribution is 0.0946. The average Bonchev–Trinajstić information content (AvgIpc) is 3.15. The number of para-hydroxylation sites is 1. The number of benzene rings is 2. The highest BCUT2D eigenvalue weighted by molar-refractivity contribution is 6.30. The Morgan fingerprint density at radius 2 is 1.85 bits per heavy atom. The first kappa shape index (κ1) is 17.1. The number of hydrogen-bond acceptors (Lipinski definition) is 5. The van der Waals surface area contributed by atoms with Gasteiger partial charge in [-0.05, 0) is 36.4 Å². The van der Waals surface area contributed by atoms with Gasteiger partial charge in [0.05, 0.1) is 6.54 Å². The second kappa shape index (κ2) is 7.09. The van der Waals surface area contributed by atoms with E-state index in [1.165, 1.54) is 6.07 Å². The average molecular weight is 381 g/mol. The smallest absolute Gasteiger partial charge is 0.349 e. The van der Waals surface area contributed by atoms with Gasteiger partial charge in [0, 0.05) is 22.0 Å². The van der Waals surface area contributed by atoms with Gasteiger partial charge in [0.25, 0.3) is 5.91 Å². The lowest BCUT2D eigenvalue weighted by Crippen LogP contribution is -2.27. The number of hydrogen-bond donors (Lipinski definition) is 1. The Balaban J connectivity index is 1.49. The van der Waals surface area contributed by atoms with Crippen LogP contribution in [0.5, 0.6) is 0 Å². The number of carbonyl (C=O) groups excluding carboxylic acids is 1. The molecule has 0 fully saturated rings. The van der Waals surface area contributed by atoms with Gasteiger partial charge in [-0.1, -0.05) is 35.0 Å². The largest absolute Gasteiger partial charge is 0.422 e. The molecule has 1 amide bonds. The molecule has 0 aliphatic rings. The van der Waals surface area contributed by atoms with Crippen LogP contribution in [-0.2, 0) is 6.54 Å². The Bertz CT molecular complexity index is 1180. The highest BCUT2D eigenvalue weighted by Gasteiger charge is 2.14. The van der Waals surface area contributed by atoms with Crippen LogP contribution in [0.4, 0.5) is 0 Å². The monoisotopic (exact) mass is 380 g/mol. The number of rotatable bonds is 4. The number of fused-ring (bicyclic) bond motifs is 1. The molecule has 0 spiro atoms. The van der Waals surface area contributed by atoms with Crippen LogP contribution < -0.4 is 10.9 Å². The van der Waals surface area contributed by atoms with Crippen molar-refractivity contribution >= 4 is 28.5 Å². The molecular weight excluding hydrogens is 368 g/mol. The maximum absolute atomic E-state index is 12.4. The second-order valence-electron chi connectivity index (χ2n) is 5.86. The molecule has 4 aromatic rings. The zero-order valence-electron chi connectivity index (χ0n) is 13.9. The molecule has 4 rings (SSSR count). The van der Waals surface area contributed by atoms with E-state index in [9.17, 15) is 9.59 Å². The molecule has 0 atom stereocenters. The minimum atomic E-state index is -0.687. The Labute approximate surface area is 158 Å². The minimum absolute atomic E-state index is 0.0601. The molecule has 0 saturated heterocycles. The normalized spacial score (nSPS) is 10.9. The second-order valence-corrected chi connectivity index (χ2v) is 6.29. The lowest BCUT2D eigenvalue weighted by Gasteiger charge is -2.03. The van der Waals surface area contributed by atoms with Gasteiger partial charge in [-0.15, -0.1) is 0 Å². The molecule has 0 radical (unpaired) electrons. The maximum atomic E-state index is 12.4. The number of aromatic nitrogens is 1. The van der Waals surface area contributed by atoms with E-state index >= 15 is 0 Å². The first-order valence-corrected chi connectivity index (χ1v) is 8.50. The van der Waals surface area contributed by atoms with E-state index in [-0.39, 0.29) is 12.1 Å². The molecule has 0 unspecified atom stereocenters. The first-order chi connectivity index (χ1) is 13.1. The minimum Gasteiger partial charge on any atom is -0.422 e. The number of nitrogens with zero attached hydrogens (tertiary/aromatic N) is 1. The number of amides is 1. The fourth-order valence-corrected chi connectivity index (χ4v) is 2.76. The highest BCUT2D eigenvalue weighted by atomic mass is 35.5. The van der Waals surface area contributed by atoms with Crippen molar-refractivity contribution in [1.82, 2.24) is 10.5 Å².